The summed E-state index contributed by atoms with van der Waals surface area (Å²) in [6.45, 7) is 6.19. The largest absolute Gasteiger partial charge is 0.484 e. The number of benzene rings is 2. The first-order valence-corrected chi connectivity index (χ1v) is 9.00. The molecule has 3 aromatic rings. The van der Waals surface area contributed by atoms with E-state index in [-0.39, 0.29) is 12.5 Å². The lowest BCUT2D eigenvalue weighted by Crippen LogP contribution is -2.20. The molecule has 1 aromatic heterocycles. The number of aryl methyl sites for hydroxylation is 1. The van der Waals surface area contributed by atoms with Crippen LogP contribution in [0.2, 0.25) is 0 Å². The zero-order valence-electron chi connectivity index (χ0n) is 15.7. The van der Waals surface area contributed by atoms with Gasteiger partial charge in [-0.15, -0.1) is 0 Å². The molecule has 0 spiro atoms. The second-order valence-corrected chi connectivity index (χ2v) is 6.51. The van der Waals surface area contributed by atoms with Gasteiger partial charge in [-0.1, -0.05) is 38.1 Å². The zero-order valence-corrected chi connectivity index (χ0v) is 15.7. The van der Waals surface area contributed by atoms with E-state index in [1.807, 2.05) is 43.3 Å². The van der Waals surface area contributed by atoms with E-state index in [1.54, 1.807) is 12.1 Å². The number of hydrogen-bond donors (Lipinski definition) is 1. The molecular weight excluding hydrogens is 342 g/mol. The van der Waals surface area contributed by atoms with Crippen LogP contribution >= 0.6 is 0 Å². The Labute approximate surface area is 158 Å². The fraction of sp³-hybridized carbons (Fsp3) is 0.286. The van der Waals surface area contributed by atoms with E-state index in [2.05, 4.69) is 29.3 Å². The highest BCUT2D eigenvalue weighted by Gasteiger charge is 2.09. The Balaban J connectivity index is 1.53. The predicted molar refractivity (Wildman–Crippen MR) is 104 cm³/mol. The lowest BCUT2D eigenvalue weighted by atomic mass is 10.0. The summed E-state index contributed by atoms with van der Waals surface area (Å²) < 4.78 is 10.7. The number of anilines is 1. The van der Waals surface area contributed by atoms with Crippen LogP contribution in [0.25, 0.3) is 11.5 Å². The summed E-state index contributed by atoms with van der Waals surface area (Å²) in [5.41, 5.74) is 2.72. The molecule has 0 bridgehead atoms. The number of amides is 1. The monoisotopic (exact) mass is 365 g/mol. The van der Waals surface area contributed by atoms with Crippen molar-refractivity contribution in [3.05, 3.63) is 59.9 Å². The van der Waals surface area contributed by atoms with Gasteiger partial charge in [0.2, 0.25) is 0 Å². The van der Waals surface area contributed by atoms with Crippen LogP contribution in [-0.4, -0.2) is 22.7 Å². The highest BCUT2D eigenvalue weighted by Crippen LogP contribution is 2.20. The average molecular weight is 365 g/mol. The van der Waals surface area contributed by atoms with Crippen molar-refractivity contribution in [2.75, 3.05) is 11.9 Å². The van der Waals surface area contributed by atoms with Crippen molar-refractivity contribution < 1.29 is 14.1 Å². The van der Waals surface area contributed by atoms with Gasteiger partial charge in [0.05, 0.1) is 0 Å². The third kappa shape index (κ3) is 4.94. The second kappa shape index (κ2) is 8.49. The Morgan fingerprint density at radius 2 is 1.81 bits per heavy atom. The molecule has 0 aliphatic heterocycles. The molecular formula is C21H23N3O3. The topological polar surface area (TPSA) is 77.2 Å². The molecule has 0 fully saturated rings. The fourth-order valence-corrected chi connectivity index (χ4v) is 2.51. The van der Waals surface area contributed by atoms with Gasteiger partial charge >= 0.3 is 0 Å². The fourth-order valence-electron chi connectivity index (χ4n) is 2.51. The van der Waals surface area contributed by atoms with Gasteiger partial charge in [-0.05, 0) is 47.9 Å². The molecule has 0 aliphatic rings. The average Bonchev–Trinajstić information content (AvgIpc) is 3.16. The number of nitrogens with zero attached hydrogens (tertiary/aromatic N) is 2. The Hall–Kier alpha value is -3.15. The van der Waals surface area contributed by atoms with Crippen LogP contribution in [0.15, 0.2) is 53.1 Å². The van der Waals surface area contributed by atoms with Crippen molar-refractivity contribution in [3.8, 4) is 17.2 Å². The van der Waals surface area contributed by atoms with Crippen LogP contribution < -0.4 is 10.1 Å². The van der Waals surface area contributed by atoms with Gasteiger partial charge in [0, 0.05) is 17.7 Å². The summed E-state index contributed by atoms with van der Waals surface area (Å²) in [5, 5.41) is 6.68. The van der Waals surface area contributed by atoms with Crippen LogP contribution in [-0.2, 0) is 11.2 Å². The van der Waals surface area contributed by atoms with E-state index in [9.17, 15) is 4.79 Å². The molecule has 2 aromatic carbocycles. The molecule has 6 nitrogen and oxygen atoms in total. The first-order valence-electron chi connectivity index (χ1n) is 9.00. The number of rotatable bonds is 7. The Kier molecular flexibility index (Phi) is 5.86. The number of carbonyl (C=O) groups is 1. The Morgan fingerprint density at radius 1 is 1.11 bits per heavy atom. The highest BCUT2D eigenvalue weighted by atomic mass is 16.5. The third-order valence-electron chi connectivity index (χ3n) is 4.12. The van der Waals surface area contributed by atoms with Crippen molar-refractivity contribution in [2.24, 2.45) is 0 Å². The maximum atomic E-state index is 12.1. The van der Waals surface area contributed by atoms with E-state index in [0.717, 1.165) is 12.0 Å². The molecule has 0 saturated carbocycles. The van der Waals surface area contributed by atoms with Gasteiger partial charge in [0.15, 0.2) is 12.4 Å². The number of carbonyl (C=O) groups excluding carboxylic acids is 1. The minimum absolute atomic E-state index is 0.0493. The summed E-state index contributed by atoms with van der Waals surface area (Å²) >= 11 is 0. The standard InChI is InChI=1S/C21H23N3O3/c1-4-19-23-21(27-24-19)16-5-9-17(10-6-16)22-20(25)13-26-18-11-7-15(8-12-18)14(2)3/h5-12,14H,4,13H2,1-3H3,(H,22,25). The van der Waals surface area contributed by atoms with Gasteiger partial charge in [-0.2, -0.15) is 4.98 Å². The van der Waals surface area contributed by atoms with Crippen molar-refractivity contribution in [3.63, 3.8) is 0 Å². The van der Waals surface area contributed by atoms with Crippen LogP contribution in [0.4, 0.5) is 5.69 Å². The molecule has 0 saturated heterocycles. The number of aromatic nitrogens is 2. The summed E-state index contributed by atoms with van der Waals surface area (Å²) in [6, 6.07) is 15.0. The minimum atomic E-state index is -0.221. The first-order chi connectivity index (χ1) is 13.0. The summed E-state index contributed by atoms with van der Waals surface area (Å²) in [6.07, 6.45) is 0.720. The molecule has 6 heteroatoms. The van der Waals surface area contributed by atoms with Crippen LogP contribution in [0, 0.1) is 0 Å². The highest BCUT2D eigenvalue weighted by molar-refractivity contribution is 5.92. The number of nitrogens with one attached hydrogen (secondary N) is 1. The van der Waals surface area contributed by atoms with Gasteiger partial charge < -0.3 is 14.6 Å². The molecule has 140 valence electrons. The lowest BCUT2D eigenvalue weighted by molar-refractivity contribution is -0.118. The van der Waals surface area contributed by atoms with Crippen molar-refractivity contribution in [2.45, 2.75) is 33.1 Å². The van der Waals surface area contributed by atoms with Crippen molar-refractivity contribution in [1.82, 2.24) is 10.1 Å². The Morgan fingerprint density at radius 3 is 2.41 bits per heavy atom. The van der Waals surface area contributed by atoms with E-state index in [0.29, 0.717) is 29.1 Å². The maximum Gasteiger partial charge on any atom is 0.262 e. The predicted octanol–water partition coefficient (Wildman–Crippen LogP) is 4.44. The second-order valence-electron chi connectivity index (χ2n) is 6.51. The van der Waals surface area contributed by atoms with Gasteiger partial charge in [-0.25, -0.2) is 0 Å². The lowest BCUT2D eigenvalue weighted by Gasteiger charge is -2.09. The molecule has 0 radical (unpaired) electrons. The molecule has 1 N–H and O–H groups in total. The van der Waals surface area contributed by atoms with Crippen LogP contribution in [0.1, 0.15) is 38.1 Å². The number of hydrogen-bond acceptors (Lipinski definition) is 5. The SMILES string of the molecule is CCc1noc(-c2ccc(NC(=O)COc3ccc(C(C)C)cc3)cc2)n1. The van der Waals surface area contributed by atoms with E-state index < -0.39 is 0 Å². The first kappa shape index (κ1) is 18.6. The normalized spacial score (nSPS) is 10.8. The molecule has 1 amide bonds. The van der Waals surface area contributed by atoms with E-state index >= 15 is 0 Å². The van der Waals surface area contributed by atoms with Crippen molar-refractivity contribution in [1.29, 1.82) is 0 Å². The molecule has 1 heterocycles. The van der Waals surface area contributed by atoms with E-state index in [4.69, 9.17) is 9.26 Å². The summed E-state index contributed by atoms with van der Waals surface area (Å²) in [7, 11) is 0. The van der Waals surface area contributed by atoms with E-state index in [1.165, 1.54) is 5.56 Å². The molecule has 0 aliphatic carbocycles. The minimum Gasteiger partial charge on any atom is -0.484 e. The Bertz CT molecular complexity index is 884. The van der Waals surface area contributed by atoms with Crippen LogP contribution in [0.3, 0.4) is 0 Å². The molecule has 3 rings (SSSR count). The number of ether oxygens (including phenoxy) is 1. The van der Waals surface area contributed by atoms with Gasteiger partial charge in [0.1, 0.15) is 5.75 Å². The maximum absolute atomic E-state index is 12.1. The zero-order chi connectivity index (χ0) is 19.2. The molecule has 0 unspecified atom stereocenters. The smallest absolute Gasteiger partial charge is 0.262 e. The summed E-state index contributed by atoms with van der Waals surface area (Å²) in [5.74, 6) is 2.06. The van der Waals surface area contributed by atoms with Crippen molar-refractivity contribution >= 4 is 11.6 Å². The third-order valence-corrected chi connectivity index (χ3v) is 4.12. The molecule has 0 atom stereocenters. The molecule has 27 heavy (non-hydrogen) atoms. The van der Waals surface area contributed by atoms with Gasteiger partial charge in [-0.3, -0.25) is 4.79 Å². The quantitative estimate of drug-likeness (QED) is 0.670. The van der Waals surface area contributed by atoms with Gasteiger partial charge in [0.25, 0.3) is 11.8 Å². The van der Waals surface area contributed by atoms with Crippen LogP contribution in [0.5, 0.6) is 5.75 Å². The summed E-state index contributed by atoms with van der Waals surface area (Å²) in [4.78, 5) is 16.4.